The standard InChI is InChI=1S/C7H6F8O2/c8-5(9,7(13,14)15)2-1-17-4(16)3(2)6(10,11)12/h2-4,16H,1H2. The van der Waals surface area contributed by atoms with E-state index in [0.29, 0.717) is 0 Å². The summed E-state index contributed by atoms with van der Waals surface area (Å²) in [4.78, 5) is 0. The zero-order valence-electron chi connectivity index (χ0n) is 7.82. The predicted molar refractivity (Wildman–Crippen MR) is 36.0 cm³/mol. The van der Waals surface area contributed by atoms with Crippen LogP contribution in [0.3, 0.4) is 0 Å². The maximum Gasteiger partial charge on any atom is 0.453 e. The topological polar surface area (TPSA) is 29.5 Å². The van der Waals surface area contributed by atoms with Crippen LogP contribution in [0.2, 0.25) is 0 Å². The van der Waals surface area contributed by atoms with Crippen LogP contribution in [0.4, 0.5) is 35.1 Å². The van der Waals surface area contributed by atoms with Gasteiger partial charge in [0, 0.05) is 0 Å². The zero-order chi connectivity index (χ0) is 13.6. The fourth-order valence-electron chi connectivity index (χ4n) is 1.54. The van der Waals surface area contributed by atoms with E-state index >= 15 is 0 Å². The van der Waals surface area contributed by atoms with Gasteiger partial charge in [-0.25, -0.2) is 0 Å². The van der Waals surface area contributed by atoms with Crippen molar-refractivity contribution in [3.63, 3.8) is 0 Å². The van der Waals surface area contributed by atoms with E-state index in [1.807, 2.05) is 0 Å². The average Bonchev–Trinajstić information content (AvgIpc) is 2.44. The highest BCUT2D eigenvalue weighted by Crippen LogP contribution is 2.51. The summed E-state index contributed by atoms with van der Waals surface area (Å²) in [5.74, 6) is -12.0. The van der Waals surface area contributed by atoms with Crippen molar-refractivity contribution in [2.24, 2.45) is 11.8 Å². The molecule has 102 valence electrons. The van der Waals surface area contributed by atoms with E-state index in [-0.39, 0.29) is 0 Å². The molecule has 0 aliphatic carbocycles. The van der Waals surface area contributed by atoms with Crippen LogP contribution >= 0.6 is 0 Å². The Morgan fingerprint density at radius 3 is 1.76 bits per heavy atom. The third-order valence-corrected chi connectivity index (χ3v) is 2.41. The Balaban J connectivity index is 3.06. The van der Waals surface area contributed by atoms with Crippen molar-refractivity contribution in [3.05, 3.63) is 0 Å². The van der Waals surface area contributed by atoms with Crippen molar-refractivity contribution >= 4 is 0 Å². The van der Waals surface area contributed by atoms with Gasteiger partial charge in [0.1, 0.15) is 5.92 Å². The molecule has 1 aliphatic heterocycles. The van der Waals surface area contributed by atoms with Crippen molar-refractivity contribution in [2.75, 3.05) is 6.61 Å². The number of halogens is 8. The first kappa shape index (κ1) is 14.4. The summed E-state index contributed by atoms with van der Waals surface area (Å²) in [7, 11) is 0. The summed E-state index contributed by atoms with van der Waals surface area (Å²) in [5, 5.41) is 8.68. The largest absolute Gasteiger partial charge is 0.453 e. The van der Waals surface area contributed by atoms with Gasteiger partial charge in [-0.3, -0.25) is 0 Å². The summed E-state index contributed by atoms with van der Waals surface area (Å²) in [6.07, 6.45) is -14.3. The molecule has 0 radical (unpaired) electrons. The van der Waals surface area contributed by atoms with Crippen LogP contribution in [0, 0.1) is 11.8 Å². The molecule has 10 heteroatoms. The lowest BCUT2D eigenvalue weighted by atomic mass is 9.88. The van der Waals surface area contributed by atoms with Gasteiger partial charge >= 0.3 is 18.3 Å². The smallest absolute Gasteiger partial charge is 0.367 e. The molecule has 2 nitrogen and oxygen atoms in total. The van der Waals surface area contributed by atoms with Gasteiger partial charge in [-0.1, -0.05) is 0 Å². The summed E-state index contributed by atoms with van der Waals surface area (Å²) >= 11 is 0. The van der Waals surface area contributed by atoms with E-state index in [1.54, 1.807) is 0 Å². The van der Waals surface area contributed by atoms with Gasteiger partial charge in [0.2, 0.25) is 0 Å². The van der Waals surface area contributed by atoms with Gasteiger partial charge in [-0.05, 0) is 0 Å². The molecule has 17 heavy (non-hydrogen) atoms. The van der Waals surface area contributed by atoms with Gasteiger partial charge in [0.15, 0.2) is 6.29 Å². The second kappa shape index (κ2) is 3.94. The summed E-state index contributed by atoms with van der Waals surface area (Å²) in [6.45, 7) is -1.52. The van der Waals surface area contributed by atoms with Crippen molar-refractivity contribution in [2.45, 2.75) is 24.6 Å². The highest BCUT2D eigenvalue weighted by atomic mass is 19.4. The molecule has 1 rings (SSSR count). The molecule has 1 aliphatic rings. The van der Waals surface area contributed by atoms with Crippen LogP contribution in [0.1, 0.15) is 0 Å². The molecule has 0 aromatic carbocycles. The Bertz CT molecular complexity index is 283. The van der Waals surface area contributed by atoms with Crippen molar-refractivity contribution in [1.29, 1.82) is 0 Å². The Labute approximate surface area is 89.2 Å². The number of hydrogen-bond acceptors (Lipinski definition) is 2. The van der Waals surface area contributed by atoms with Gasteiger partial charge < -0.3 is 9.84 Å². The minimum Gasteiger partial charge on any atom is -0.367 e. The first-order valence-corrected chi connectivity index (χ1v) is 4.20. The third kappa shape index (κ3) is 2.46. The second-order valence-electron chi connectivity index (χ2n) is 3.52. The molecule has 1 fully saturated rings. The second-order valence-corrected chi connectivity index (χ2v) is 3.52. The highest BCUT2D eigenvalue weighted by molar-refractivity contribution is 4.95. The van der Waals surface area contributed by atoms with E-state index < -0.39 is 43.0 Å². The van der Waals surface area contributed by atoms with Crippen LogP contribution < -0.4 is 0 Å². The van der Waals surface area contributed by atoms with Crippen molar-refractivity contribution < 1.29 is 45.0 Å². The highest BCUT2D eigenvalue weighted by Gasteiger charge is 2.70. The molecule has 0 spiro atoms. The van der Waals surface area contributed by atoms with E-state index in [0.717, 1.165) is 0 Å². The summed E-state index contributed by atoms with van der Waals surface area (Å²) < 4.78 is 102. The van der Waals surface area contributed by atoms with E-state index in [9.17, 15) is 35.1 Å². The van der Waals surface area contributed by atoms with E-state index in [4.69, 9.17) is 5.11 Å². The van der Waals surface area contributed by atoms with Gasteiger partial charge in [-0.2, -0.15) is 35.1 Å². The van der Waals surface area contributed by atoms with Crippen molar-refractivity contribution in [1.82, 2.24) is 0 Å². The fraction of sp³-hybridized carbons (Fsp3) is 1.00. The van der Waals surface area contributed by atoms with Crippen LogP contribution in [0.25, 0.3) is 0 Å². The quantitative estimate of drug-likeness (QED) is 0.744. The minimum absolute atomic E-state index is 1.52. The zero-order valence-corrected chi connectivity index (χ0v) is 7.82. The molecular weight excluding hydrogens is 268 g/mol. The number of aliphatic hydroxyl groups excluding tert-OH is 1. The first-order chi connectivity index (χ1) is 7.39. The van der Waals surface area contributed by atoms with Crippen molar-refractivity contribution in [3.8, 4) is 0 Å². The Hall–Kier alpha value is -0.640. The van der Waals surface area contributed by atoms with Crippen LogP contribution in [0.15, 0.2) is 0 Å². The maximum atomic E-state index is 12.8. The lowest BCUT2D eigenvalue weighted by molar-refractivity contribution is -0.322. The lowest BCUT2D eigenvalue weighted by Crippen LogP contribution is -2.50. The van der Waals surface area contributed by atoms with Gasteiger partial charge in [0.25, 0.3) is 0 Å². The number of rotatable bonds is 1. The van der Waals surface area contributed by atoms with Crippen LogP contribution in [0.5, 0.6) is 0 Å². The number of alkyl halides is 8. The predicted octanol–water partition coefficient (Wildman–Crippen LogP) is 2.33. The third-order valence-electron chi connectivity index (χ3n) is 2.41. The van der Waals surface area contributed by atoms with Crippen LogP contribution in [-0.4, -0.2) is 36.3 Å². The molecule has 0 bridgehead atoms. The van der Waals surface area contributed by atoms with Crippen LogP contribution in [-0.2, 0) is 4.74 Å². The molecule has 0 aromatic rings. The Morgan fingerprint density at radius 1 is 0.941 bits per heavy atom. The van der Waals surface area contributed by atoms with E-state index in [1.165, 1.54) is 0 Å². The molecular formula is C7H6F8O2. The first-order valence-electron chi connectivity index (χ1n) is 4.20. The normalized spacial score (nSPS) is 31.9. The molecule has 0 amide bonds. The van der Waals surface area contributed by atoms with Gasteiger partial charge in [-0.15, -0.1) is 0 Å². The Kier molecular flexibility index (Phi) is 3.34. The molecule has 0 aromatic heterocycles. The molecule has 1 saturated heterocycles. The summed E-state index contributed by atoms with van der Waals surface area (Å²) in [5.41, 5.74) is 0. The number of ether oxygens (including phenoxy) is 1. The fourth-order valence-corrected chi connectivity index (χ4v) is 1.54. The van der Waals surface area contributed by atoms with E-state index in [2.05, 4.69) is 4.74 Å². The summed E-state index contributed by atoms with van der Waals surface area (Å²) in [6, 6.07) is 0. The molecule has 3 unspecified atom stereocenters. The molecule has 1 N–H and O–H groups in total. The number of hydrogen-bond donors (Lipinski definition) is 1. The average molecular weight is 274 g/mol. The SMILES string of the molecule is OC1OCC(C(F)(F)C(F)(F)F)C1C(F)(F)F. The Morgan fingerprint density at radius 2 is 1.41 bits per heavy atom. The maximum absolute atomic E-state index is 12.8. The molecule has 1 heterocycles. The monoisotopic (exact) mass is 274 g/mol. The molecule has 0 saturated carbocycles. The molecule has 3 atom stereocenters. The lowest BCUT2D eigenvalue weighted by Gasteiger charge is -2.30. The number of aliphatic hydroxyl groups is 1. The minimum atomic E-state index is -6.13. The van der Waals surface area contributed by atoms with Gasteiger partial charge in [0.05, 0.1) is 12.5 Å².